The molecule has 1 fully saturated rings. The number of anilines is 1. The van der Waals surface area contributed by atoms with Crippen LogP contribution in [0.1, 0.15) is 12.0 Å². The molecule has 0 aromatic heterocycles. The number of nitrogens with zero attached hydrogens (tertiary/aromatic N) is 1. The maximum Gasteiger partial charge on any atom is 0.266 e. The molecule has 1 heterocycles. The van der Waals surface area contributed by atoms with E-state index in [0.29, 0.717) is 20.5 Å². The smallest absolute Gasteiger partial charge is 0.266 e. The van der Waals surface area contributed by atoms with Crippen molar-refractivity contribution in [3.05, 3.63) is 64.8 Å². The zero-order valence-corrected chi connectivity index (χ0v) is 15.6. The Kier molecular flexibility index (Phi) is 5.88. The zero-order chi connectivity index (χ0) is 19.4. The average Bonchev–Trinajstić information content (AvgIpc) is 2.90. The van der Waals surface area contributed by atoms with E-state index in [9.17, 15) is 19.1 Å². The highest BCUT2D eigenvalue weighted by Gasteiger charge is 2.32. The van der Waals surface area contributed by atoms with Crippen LogP contribution in [0.5, 0.6) is 5.75 Å². The molecule has 3 rings (SSSR count). The molecule has 0 atom stereocenters. The normalized spacial score (nSPS) is 15.4. The van der Waals surface area contributed by atoms with Gasteiger partial charge in [-0.25, -0.2) is 4.39 Å². The molecule has 1 aliphatic heterocycles. The van der Waals surface area contributed by atoms with E-state index in [4.69, 9.17) is 12.2 Å². The molecule has 0 aliphatic carbocycles. The van der Waals surface area contributed by atoms with Crippen molar-refractivity contribution in [1.29, 1.82) is 0 Å². The summed E-state index contributed by atoms with van der Waals surface area (Å²) in [7, 11) is 0. The molecule has 1 saturated heterocycles. The summed E-state index contributed by atoms with van der Waals surface area (Å²) in [4.78, 5) is 26.2. The lowest BCUT2D eigenvalue weighted by molar-refractivity contribution is -0.122. The topological polar surface area (TPSA) is 69.6 Å². The van der Waals surface area contributed by atoms with Crippen molar-refractivity contribution >= 4 is 51.9 Å². The highest BCUT2D eigenvalue weighted by Crippen LogP contribution is 2.33. The average molecular weight is 402 g/mol. The molecular formula is C19H15FN2O3S2. The molecule has 2 aromatic rings. The van der Waals surface area contributed by atoms with Gasteiger partial charge in [-0.3, -0.25) is 14.5 Å². The monoisotopic (exact) mass is 402 g/mol. The fourth-order valence-corrected chi connectivity index (χ4v) is 3.71. The lowest BCUT2D eigenvalue weighted by Crippen LogP contribution is -2.31. The molecule has 1 aliphatic rings. The van der Waals surface area contributed by atoms with Gasteiger partial charge in [0.2, 0.25) is 5.91 Å². The molecule has 0 spiro atoms. The number of hydrogen-bond acceptors (Lipinski definition) is 5. The van der Waals surface area contributed by atoms with Crippen molar-refractivity contribution in [2.75, 3.05) is 11.9 Å². The van der Waals surface area contributed by atoms with Crippen molar-refractivity contribution in [1.82, 2.24) is 4.90 Å². The highest BCUT2D eigenvalue weighted by molar-refractivity contribution is 8.26. The minimum atomic E-state index is -0.420. The van der Waals surface area contributed by atoms with Crippen molar-refractivity contribution in [2.45, 2.75) is 6.42 Å². The van der Waals surface area contributed by atoms with E-state index in [0.717, 1.165) is 11.8 Å². The summed E-state index contributed by atoms with van der Waals surface area (Å²) in [5.41, 5.74) is 0.853. The first-order valence-electron chi connectivity index (χ1n) is 8.03. The summed E-state index contributed by atoms with van der Waals surface area (Å²) in [6, 6.07) is 12.2. The van der Waals surface area contributed by atoms with Gasteiger partial charge in [0.15, 0.2) is 0 Å². The van der Waals surface area contributed by atoms with Crippen LogP contribution in [0.15, 0.2) is 53.4 Å². The Balaban J connectivity index is 1.61. The van der Waals surface area contributed by atoms with Gasteiger partial charge >= 0.3 is 0 Å². The van der Waals surface area contributed by atoms with Crippen LogP contribution in [-0.4, -0.2) is 32.7 Å². The Hall–Kier alpha value is -2.71. The van der Waals surface area contributed by atoms with Crippen LogP contribution in [0.3, 0.4) is 0 Å². The molecule has 0 radical (unpaired) electrons. The van der Waals surface area contributed by atoms with Gasteiger partial charge in [-0.15, -0.1) is 0 Å². The SMILES string of the molecule is O=C(CCN1C(=O)/C(=C\c2ccccc2F)SC1=S)Nc1ccc(O)cc1. The van der Waals surface area contributed by atoms with Crippen LogP contribution >= 0.6 is 24.0 Å². The molecule has 2 N–H and O–H groups in total. The molecule has 2 amide bonds. The Morgan fingerprint density at radius 2 is 1.93 bits per heavy atom. The maximum absolute atomic E-state index is 13.8. The molecule has 5 nitrogen and oxygen atoms in total. The minimum absolute atomic E-state index is 0.0558. The van der Waals surface area contributed by atoms with Crippen molar-refractivity contribution < 1.29 is 19.1 Å². The van der Waals surface area contributed by atoms with Crippen LogP contribution < -0.4 is 5.32 Å². The number of amides is 2. The number of thiocarbonyl (C=S) groups is 1. The minimum Gasteiger partial charge on any atom is -0.508 e. The van der Waals surface area contributed by atoms with E-state index in [1.54, 1.807) is 30.3 Å². The summed E-state index contributed by atoms with van der Waals surface area (Å²) in [6.07, 6.45) is 1.52. The molecule has 0 unspecified atom stereocenters. The van der Waals surface area contributed by atoms with Gasteiger partial charge in [0, 0.05) is 24.2 Å². The van der Waals surface area contributed by atoms with Gasteiger partial charge in [0.25, 0.3) is 5.91 Å². The summed E-state index contributed by atoms with van der Waals surface area (Å²) < 4.78 is 14.1. The van der Waals surface area contributed by atoms with Crippen molar-refractivity contribution in [3.63, 3.8) is 0 Å². The van der Waals surface area contributed by atoms with E-state index in [-0.39, 0.29) is 30.5 Å². The fourth-order valence-electron chi connectivity index (χ4n) is 2.41. The second-order valence-corrected chi connectivity index (χ2v) is 7.38. The van der Waals surface area contributed by atoms with Gasteiger partial charge in [-0.05, 0) is 36.4 Å². The third-order valence-electron chi connectivity index (χ3n) is 3.78. The number of carbonyl (C=O) groups is 2. The predicted molar refractivity (Wildman–Crippen MR) is 108 cm³/mol. The molecule has 138 valence electrons. The van der Waals surface area contributed by atoms with Gasteiger partial charge in [0.05, 0.1) is 4.91 Å². The third-order valence-corrected chi connectivity index (χ3v) is 5.16. The van der Waals surface area contributed by atoms with E-state index < -0.39 is 5.82 Å². The first kappa shape index (κ1) is 19.1. The number of rotatable bonds is 5. The number of phenolic OH excluding ortho intramolecular Hbond substituents is 1. The highest BCUT2D eigenvalue weighted by atomic mass is 32.2. The summed E-state index contributed by atoms with van der Waals surface area (Å²) >= 11 is 6.30. The molecular weight excluding hydrogens is 387 g/mol. The number of carbonyl (C=O) groups excluding carboxylic acids is 2. The van der Waals surface area contributed by atoms with E-state index >= 15 is 0 Å². The number of nitrogens with one attached hydrogen (secondary N) is 1. The number of halogens is 1. The summed E-state index contributed by atoms with van der Waals surface area (Å²) in [5, 5.41) is 11.9. The van der Waals surface area contributed by atoms with Crippen LogP contribution in [0.4, 0.5) is 10.1 Å². The van der Waals surface area contributed by atoms with Crippen molar-refractivity contribution in [3.8, 4) is 5.75 Å². The molecule has 8 heteroatoms. The van der Waals surface area contributed by atoms with Gasteiger partial charge in [-0.2, -0.15) is 0 Å². The van der Waals surface area contributed by atoms with Crippen LogP contribution in [0.2, 0.25) is 0 Å². The summed E-state index contributed by atoms with van der Waals surface area (Å²) in [5.74, 6) is -0.943. The number of thioether (sulfide) groups is 1. The second-order valence-electron chi connectivity index (χ2n) is 5.70. The van der Waals surface area contributed by atoms with Gasteiger partial charge < -0.3 is 10.4 Å². The second kappa shape index (κ2) is 8.32. The Bertz CT molecular complexity index is 929. The number of aromatic hydroxyl groups is 1. The van der Waals surface area contributed by atoms with E-state index in [1.165, 1.54) is 29.2 Å². The molecule has 27 heavy (non-hydrogen) atoms. The first-order chi connectivity index (χ1) is 12.9. The zero-order valence-electron chi connectivity index (χ0n) is 14.0. The van der Waals surface area contributed by atoms with E-state index in [1.807, 2.05) is 0 Å². The summed E-state index contributed by atoms with van der Waals surface area (Å²) in [6.45, 7) is 0.128. The molecule has 2 aromatic carbocycles. The first-order valence-corrected chi connectivity index (χ1v) is 9.25. The predicted octanol–water partition coefficient (Wildman–Crippen LogP) is 3.76. The third kappa shape index (κ3) is 4.72. The van der Waals surface area contributed by atoms with Crippen LogP contribution in [-0.2, 0) is 9.59 Å². The van der Waals surface area contributed by atoms with Crippen LogP contribution in [0.25, 0.3) is 6.08 Å². The molecule has 0 bridgehead atoms. The number of phenols is 1. The fraction of sp³-hybridized carbons (Fsp3) is 0.105. The molecule has 0 saturated carbocycles. The Morgan fingerprint density at radius 1 is 1.22 bits per heavy atom. The number of benzene rings is 2. The Morgan fingerprint density at radius 3 is 2.63 bits per heavy atom. The number of hydrogen-bond donors (Lipinski definition) is 2. The van der Waals surface area contributed by atoms with Crippen molar-refractivity contribution in [2.24, 2.45) is 0 Å². The maximum atomic E-state index is 13.8. The lowest BCUT2D eigenvalue weighted by Gasteiger charge is -2.14. The van der Waals surface area contributed by atoms with Gasteiger partial charge in [0.1, 0.15) is 15.9 Å². The van der Waals surface area contributed by atoms with E-state index in [2.05, 4.69) is 5.32 Å². The largest absolute Gasteiger partial charge is 0.508 e. The van der Waals surface area contributed by atoms with Gasteiger partial charge in [-0.1, -0.05) is 42.2 Å². The Labute approximate surface area is 164 Å². The van der Waals surface area contributed by atoms with Crippen LogP contribution in [0, 0.1) is 5.82 Å². The standard InChI is InChI=1S/C19H15FN2O3S2/c20-15-4-2-1-3-12(15)11-16-18(25)22(19(26)27-16)10-9-17(24)21-13-5-7-14(23)8-6-13/h1-8,11,23H,9-10H2,(H,21,24)/b16-11+. The lowest BCUT2D eigenvalue weighted by atomic mass is 10.2. The quantitative estimate of drug-likeness (QED) is 0.453.